The Balaban J connectivity index is 1.71. The van der Waals surface area contributed by atoms with Gasteiger partial charge < -0.3 is 14.6 Å². The Morgan fingerprint density at radius 2 is 2.04 bits per heavy atom. The van der Waals surface area contributed by atoms with Crippen LogP contribution in [0.4, 0.5) is 0 Å². The molecule has 146 valence electrons. The van der Waals surface area contributed by atoms with Gasteiger partial charge in [0.2, 0.25) is 0 Å². The normalized spacial score (nSPS) is 10.9. The highest BCUT2D eigenvalue weighted by molar-refractivity contribution is 5.93. The van der Waals surface area contributed by atoms with Crippen LogP contribution in [0.2, 0.25) is 0 Å². The first-order valence-corrected chi connectivity index (χ1v) is 9.06. The Labute approximate surface area is 163 Å². The molecule has 0 bridgehead atoms. The predicted molar refractivity (Wildman–Crippen MR) is 107 cm³/mol. The molecule has 28 heavy (non-hydrogen) atoms. The monoisotopic (exact) mass is 380 g/mol. The molecule has 1 aromatic carbocycles. The van der Waals surface area contributed by atoms with Crippen LogP contribution in [0.1, 0.15) is 41.4 Å². The number of hydrogen-bond acceptors (Lipinski definition) is 4. The number of nitrogens with zero attached hydrogens (tertiary/aromatic N) is 3. The molecule has 7 heteroatoms. The number of pyridine rings is 1. The van der Waals surface area contributed by atoms with Crippen LogP contribution in [0.5, 0.6) is 5.75 Å². The van der Waals surface area contributed by atoms with E-state index in [-0.39, 0.29) is 23.6 Å². The van der Waals surface area contributed by atoms with Crippen LogP contribution in [0, 0.1) is 0 Å². The van der Waals surface area contributed by atoms with Crippen LogP contribution >= 0.6 is 0 Å². The lowest BCUT2D eigenvalue weighted by Gasteiger charge is -2.13. The Hall–Kier alpha value is -3.35. The zero-order valence-corrected chi connectivity index (χ0v) is 16.5. The average molecular weight is 380 g/mol. The molecule has 0 aliphatic heterocycles. The number of benzene rings is 1. The van der Waals surface area contributed by atoms with E-state index in [0.29, 0.717) is 0 Å². The van der Waals surface area contributed by atoms with E-state index in [0.717, 1.165) is 22.7 Å². The van der Waals surface area contributed by atoms with Crippen molar-refractivity contribution in [2.75, 3.05) is 7.11 Å². The van der Waals surface area contributed by atoms with Crippen molar-refractivity contribution in [3.8, 4) is 11.4 Å². The van der Waals surface area contributed by atoms with Crippen molar-refractivity contribution in [1.29, 1.82) is 0 Å². The highest BCUT2D eigenvalue weighted by Crippen LogP contribution is 2.16. The summed E-state index contributed by atoms with van der Waals surface area (Å²) in [5.74, 6) is 0.547. The Morgan fingerprint density at radius 1 is 1.25 bits per heavy atom. The van der Waals surface area contributed by atoms with E-state index in [1.807, 2.05) is 50.4 Å². The second-order valence-electron chi connectivity index (χ2n) is 6.87. The van der Waals surface area contributed by atoms with Gasteiger partial charge in [-0.2, -0.15) is 5.10 Å². The van der Waals surface area contributed by atoms with E-state index >= 15 is 0 Å². The van der Waals surface area contributed by atoms with Gasteiger partial charge in [-0.3, -0.25) is 9.59 Å². The van der Waals surface area contributed by atoms with Crippen LogP contribution in [0.3, 0.4) is 0 Å². The van der Waals surface area contributed by atoms with Crippen LogP contribution < -0.4 is 15.6 Å². The van der Waals surface area contributed by atoms with Crippen molar-refractivity contribution < 1.29 is 9.53 Å². The molecule has 3 aromatic rings. The third-order valence-corrected chi connectivity index (χ3v) is 4.59. The van der Waals surface area contributed by atoms with E-state index in [1.165, 1.54) is 4.57 Å². The van der Waals surface area contributed by atoms with Gasteiger partial charge >= 0.3 is 0 Å². The summed E-state index contributed by atoms with van der Waals surface area (Å²) in [5, 5.41) is 7.11. The third kappa shape index (κ3) is 3.98. The Morgan fingerprint density at radius 3 is 2.75 bits per heavy atom. The van der Waals surface area contributed by atoms with E-state index < -0.39 is 5.91 Å². The highest BCUT2D eigenvalue weighted by Gasteiger charge is 2.15. The van der Waals surface area contributed by atoms with Gasteiger partial charge in [0.05, 0.1) is 19.0 Å². The van der Waals surface area contributed by atoms with Gasteiger partial charge in [-0.25, -0.2) is 4.68 Å². The predicted octanol–water partition coefficient (Wildman–Crippen LogP) is 2.63. The van der Waals surface area contributed by atoms with Crippen LogP contribution in [-0.2, 0) is 13.6 Å². The average Bonchev–Trinajstić information content (AvgIpc) is 3.17. The number of rotatable bonds is 6. The lowest BCUT2D eigenvalue weighted by molar-refractivity contribution is 0.0948. The van der Waals surface area contributed by atoms with E-state index in [1.54, 1.807) is 31.1 Å². The second kappa shape index (κ2) is 8.12. The van der Waals surface area contributed by atoms with Crippen molar-refractivity contribution >= 4 is 5.91 Å². The fourth-order valence-electron chi connectivity index (χ4n) is 3.03. The Kier molecular flexibility index (Phi) is 5.63. The standard InChI is InChI=1S/C21H24N4O3/c1-14(2)19-9-8-18(21(27)24(19)3)20(26)22-11-15-12-23-25(13-15)16-6-5-7-17(10-16)28-4/h5-10,12-14H,11H2,1-4H3,(H,22,26). The first kappa shape index (κ1) is 19.4. The summed E-state index contributed by atoms with van der Waals surface area (Å²) in [7, 11) is 3.30. The fourth-order valence-corrected chi connectivity index (χ4v) is 3.03. The molecular formula is C21H24N4O3. The lowest BCUT2D eigenvalue weighted by Crippen LogP contribution is -2.33. The summed E-state index contributed by atoms with van der Waals surface area (Å²) in [6.07, 6.45) is 3.51. The van der Waals surface area contributed by atoms with Gasteiger partial charge in [0, 0.05) is 37.1 Å². The van der Waals surface area contributed by atoms with Gasteiger partial charge in [0.15, 0.2) is 0 Å². The summed E-state index contributed by atoms with van der Waals surface area (Å²) in [5.41, 5.74) is 2.41. The topological polar surface area (TPSA) is 78.1 Å². The lowest BCUT2D eigenvalue weighted by atomic mass is 10.1. The molecule has 0 aliphatic carbocycles. The molecule has 0 radical (unpaired) electrons. The summed E-state index contributed by atoms with van der Waals surface area (Å²) in [4.78, 5) is 24.9. The second-order valence-corrected chi connectivity index (χ2v) is 6.87. The molecule has 3 rings (SSSR count). The van der Waals surface area contributed by atoms with Gasteiger partial charge in [-0.1, -0.05) is 19.9 Å². The zero-order valence-electron chi connectivity index (χ0n) is 16.5. The SMILES string of the molecule is COc1cccc(-n2cc(CNC(=O)c3ccc(C(C)C)n(C)c3=O)cn2)c1. The fraction of sp³-hybridized carbons (Fsp3) is 0.286. The minimum atomic E-state index is -0.398. The van der Waals surface area contributed by atoms with Crippen molar-refractivity contribution in [2.45, 2.75) is 26.3 Å². The molecular weight excluding hydrogens is 356 g/mol. The molecule has 0 fully saturated rings. The highest BCUT2D eigenvalue weighted by atomic mass is 16.5. The van der Waals surface area contributed by atoms with Crippen LogP contribution in [0.25, 0.3) is 5.69 Å². The summed E-state index contributed by atoms with van der Waals surface area (Å²) in [6.45, 7) is 4.29. The molecule has 0 spiro atoms. The minimum Gasteiger partial charge on any atom is -0.497 e. The number of carbonyl (C=O) groups excluding carboxylic acids is 1. The number of aromatic nitrogens is 3. The van der Waals surface area contributed by atoms with Crippen LogP contribution in [0.15, 0.2) is 53.6 Å². The first-order valence-electron chi connectivity index (χ1n) is 9.06. The van der Waals surface area contributed by atoms with Crippen molar-refractivity contribution in [3.63, 3.8) is 0 Å². The molecule has 1 N–H and O–H groups in total. The van der Waals surface area contributed by atoms with Crippen molar-refractivity contribution in [2.24, 2.45) is 7.05 Å². The molecule has 1 amide bonds. The van der Waals surface area contributed by atoms with Gasteiger partial charge in [0.1, 0.15) is 11.3 Å². The molecule has 0 atom stereocenters. The quantitative estimate of drug-likeness (QED) is 0.713. The van der Waals surface area contributed by atoms with Gasteiger partial charge in [-0.05, 0) is 30.2 Å². The molecule has 7 nitrogen and oxygen atoms in total. The molecule has 0 aliphatic rings. The number of carbonyl (C=O) groups is 1. The maximum Gasteiger partial charge on any atom is 0.263 e. The minimum absolute atomic E-state index is 0.132. The molecule has 0 saturated heterocycles. The van der Waals surface area contributed by atoms with Crippen molar-refractivity contribution in [1.82, 2.24) is 19.7 Å². The number of methoxy groups -OCH3 is 1. The molecule has 0 saturated carbocycles. The summed E-state index contributed by atoms with van der Waals surface area (Å²) >= 11 is 0. The maximum atomic E-state index is 12.5. The van der Waals surface area contributed by atoms with Gasteiger partial charge in [-0.15, -0.1) is 0 Å². The number of nitrogens with one attached hydrogen (secondary N) is 1. The number of amides is 1. The van der Waals surface area contributed by atoms with Crippen LogP contribution in [-0.4, -0.2) is 27.4 Å². The van der Waals surface area contributed by atoms with E-state index in [2.05, 4.69) is 10.4 Å². The van der Waals surface area contributed by atoms with Crippen molar-refractivity contribution in [3.05, 3.63) is 76.0 Å². The third-order valence-electron chi connectivity index (χ3n) is 4.59. The largest absolute Gasteiger partial charge is 0.497 e. The van der Waals surface area contributed by atoms with Gasteiger partial charge in [0.25, 0.3) is 11.5 Å². The molecule has 0 unspecified atom stereocenters. The van der Waals surface area contributed by atoms with E-state index in [4.69, 9.17) is 4.74 Å². The summed E-state index contributed by atoms with van der Waals surface area (Å²) < 4.78 is 8.46. The molecule has 2 aromatic heterocycles. The number of hydrogen-bond donors (Lipinski definition) is 1. The number of ether oxygens (including phenoxy) is 1. The summed E-state index contributed by atoms with van der Waals surface area (Å²) in [6, 6.07) is 10.9. The van der Waals surface area contributed by atoms with E-state index in [9.17, 15) is 9.59 Å². The Bertz CT molecular complexity index is 1050. The first-order chi connectivity index (χ1) is 13.4. The smallest absolute Gasteiger partial charge is 0.263 e. The zero-order chi connectivity index (χ0) is 20.3. The maximum absolute atomic E-state index is 12.5. The molecule has 2 heterocycles.